The molecule has 0 amide bonds. The summed E-state index contributed by atoms with van der Waals surface area (Å²) in [6, 6.07) is 0. The smallest absolute Gasteiger partial charge is 0.266 e. The minimum Gasteiger partial charge on any atom is -0.342 e. The number of anilines is 1. The zero-order valence-electron chi connectivity index (χ0n) is 11.7. The number of aromatic amines is 1. The number of H-pyrrole nitrogens is 1. The molecule has 19 heavy (non-hydrogen) atoms. The topological polar surface area (TPSA) is 49.0 Å². The van der Waals surface area contributed by atoms with Crippen molar-refractivity contribution in [3.8, 4) is 0 Å². The molecule has 0 bridgehead atoms. The number of nitrogens with zero attached hydrogens (tertiary/aromatic N) is 2. The van der Waals surface area contributed by atoms with Crippen molar-refractivity contribution in [3.05, 3.63) is 20.5 Å². The minimum atomic E-state index is -0.0649. The molecule has 1 aromatic heterocycles. The van der Waals surface area contributed by atoms with Gasteiger partial charge >= 0.3 is 0 Å². The van der Waals surface area contributed by atoms with Crippen LogP contribution in [0.2, 0.25) is 0 Å². The average molecular weight is 328 g/mol. The molecule has 2 heterocycles. The predicted octanol–water partition coefficient (Wildman–Crippen LogP) is 3.11. The summed E-state index contributed by atoms with van der Waals surface area (Å²) in [7, 11) is 0. The van der Waals surface area contributed by atoms with Gasteiger partial charge in [0.25, 0.3) is 5.56 Å². The molecule has 0 spiro atoms. The van der Waals surface area contributed by atoms with Gasteiger partial charge < -0.3 is 4.90 Å². The molecule has 1 N–H and O–H groups in total. The van der Waals surface area contributed by atoms with Gasteiger partial charge in [0.2, 0.25) is 5.95 Å². The van der Waals surface area contributed by atoms with E-state index in [4.69, 9.17) is 0 Å². The van der Waals surface area contributed by atoms with Crippen LogP contribution in [0.15, 0.2) is 9.27 Å². The molecule has 0 aromatic carbocycles. The highest BCUT2D eigenvalue weighted by Crippen LogP contribution is 2.19. The fraction of sp³-hybridized carbons (Fsp3) is 0.714. The number of halogens is 1. The van der Waals surface area contributed by atoms with Crippen LogP contribution in [0.1, 0.15) is 45.2 Å². The Morgan fingerprint density at radius 1 is 1.26 bits per heavy atom. The van der Waals surface area contributed by atoms with Crippen molar-refractivity contribution < 1.29 is 0 Å². The summed E-state index contributed by atoms with van der Waals surface area (Å²) in [5, 5.41) is 0. The molecule has 0 radical (unpaired) electrons. The van der Waals surface area contributed by atoms with Crippen LogP contribution < -0.4 is 10.5 Å². The molecular weight excluding hydrogens is 306 g/mol. The molecule has 1 aliphatic rings. The van der Waals surface area contributed by atoms with Crippen molar-refractivity contribution in [1.29, 1.82) is 0 Å². The van der Waals surface area contributed by atoms with E-state index in [0.717, 1.165) is 31.2 Å². The van der Waals surface area contributed by atoms with E-state index >= 15 is 0 Å². The Labute approximate surface area is 122 Å². The maximum absolute atomic E-state index is 12.0. The van der Waals surface area contributed by atoms with Gasteiger partial charge in [0, 0.05) is 13.1 Å². The van der Waals surface area contributed by atoms with Crippen LogP contribution in [0.3, 0.4) is 0 Å². The van der Waals surface area contributed by atoms with E-state index < -0.39 is 0 Å². The van der Waals surface area contributed by atoms with Crippen molar-refractivity contribution in [1.82, 2.24) is 9.97 Å². The van der Waals surface area contributed by atoms with Crippen molar-refractivity contribution in [3.63, 3.8) is 0 Å². The van der Waals surface area contributed by atoms with Crippen LogP contribution in [-0.4, -0.2) is 23.1 Å². The Balaban J connectivity index is 2.29. The molecular formula is C14H22BrN3O. The fourth-order valence-corrected chi connectivity index (χ4v) is 2.80. The minimum absolute atomic E-state index is 0.0649. The first kappa shape index (κ1) is 14.6. The van der Waals surface area contributed by atoms with Crippen LogP contribution in [0.5, 0.6) is 0 Å². The fourth-order valence-electron chi connectivity index (χ4n) is 2.45. The average Bonchev–Trinajstić information content (AvgIpc) is 2.63. The Kier molecular flexibility index (Phi) is 5.02. The lowest BCUT2D eigenvalue weighted by Crippen LogP contribution is -2.29. The first-order valence-electron chi connectivity index (χ1n) is 7.11. The summed E-state index contributed by atoms with van der Waals surface area (Å²) in [4.78, 5) is 21.8. The quantitative estimate of drug-likeness (QED) is 0.927. The summed E-state index contributed by atoms with van der Waals surface area (Å²) < 4.78 is 0.583. The standard InChI is InChI=1S/C14H22BrN3O/c1-10(2)9-11-12(15)13(19)17-14(16-11)18-7-5-3-4-6-8-18/h10H,3-9H2,1-2H3,(H,16,17,19). The molecule has 0 aliphatic carbocycles. The lowest BCUT2D eigenvalue weighted by molar-refractivity contribution is 0.627. The number of rotatable bonds is 3. The van der Waals surface area contributed by atoms with E-state index in [1.807, 2.05) is 0 Å². The zero-order chi connectivity index (χ0) is 13.8. The largest absolute Gasteiger partial charge is 0.342 e. The van der Waals surface area contributed by atoms with Crippen LogP contribution in [-0.2, 0) is 6.42 Å². The maximum Gasteiger partial charge on any atom is 0.266 e. The molecule has 1 saturated heterocycles. The van der Waals surface area contributed by atoms with E-state index in [0.29, 0.717) is 10.4 Å². The van der Waals surface area contributed by atoms with Gasteiger partial charge in [0.05, 0.1) is 5.69 Å². The molecule has 1 aromatic rings. The molecule has 2 rings (SSSR count). The Hall–Kier alpha value is -0.840. The summed E-state index contributed by atoms with van der Waals surface area (Å²) in [5.41, 5.74) is 0.808. The summed E-state index contributed by atoms with van der Waals surface area (Å²) in [5.74, 6) is 1.23. The summed E-state index contributed by atoms with van der Waals surface area (Å²) >= 11 is 3.36. The second-order valence-electron chi connectivity index (χ2n) is 5.65. The number of aromatic nitrogens is 2. The predicted molar refractivity (Wildman–Crippen MR) is 81.8 cm³/mol. The van der Waals surface area contributed by atoms with Crippen molar-refractivity contribution in [2.24, 2.45) is 5.92 Å². The lowest BCUT2D eigenvalue weighted by atomic mass is 10.1. The third-order valence-electron chi connectivity index (χ3n) is 3.43. The van der Waals surface area contributed by atoms with Crippen LogP contribution in [0.4, 0.5) is 5.95 Å². The van der Waals surface area contributed by atoms with Gasteiger partial charge in [-0.1, -0.05) is 26.7 Å². The SMILES string of the molecule is CC(C)Cc1nc(N2CCCCCC2)[nH]c(=O)c1Br. The van der Waals surface area contributed by atoms with E-state index in [1.165, 1.54) is 25.7 Å². The third kappa shape index (κ3) is 3.81. The van der Waals surface area contributed by atoms with Crippen LogP contribution in [0.25, 0.3) is 0 Å². The Morgan fingerprint density at radius 3 is 2.47 bits per heavy atom. The van der Waals surface area contributed by atoms with Crippen molar-refractivity contribution in [2.75, 3.05) is 18.0 Å². The van der Waals surface area contributed by atoms with E-state index in [2.05, 4.69) is 44.6 Å². The van der Waals surface area contributed by atoms with Gasteiger partial charge in [-0.3, -0.25) is 9.78 Å². The summed E-state index contributed by atoms with van der Waals surface area (Å²) in [6.07, 6.45) is 5.73. The van der Waals surface area contributed by atoms with Gasteiger partial charge in [-0.25, -0.2) is 4.98 Å². The van der Waals surface area contributed by atoms with Gasteiger partial charge in [-0.15, -0.1) is 0 Å². The normalized spacial score (nSPS) is 16.7. The second-order valence-corrected chi connectivity index (χ2v) is 6.44. The molecule has 0 atom stereocenters. The molecule has 5 heteroatoms. The van der Waals surface area contributed by atoms with Crippen molar-refractivity contribution in [2.45, 2.75) is 46.0 Å². The Morgan fingerprint density at radius 2 is 1.89 bits per heavy atom. The van der Waals surface area contributed by atoms with Crippen molar-refractivity contribution >= 4 is 21.9 Å². The van der Waals surface area contributed by atoms with Gasteiger partial charge in [0.15, 0.2) is 0 Å². The lowest BCUT2D eigenvalue weighted by Gasteiger charge is -2.21. The first-order valence-corrected chi connectivity index (χ1v) is 7.91. The van der Waals surface area contributed by atoms with Gasteiger partial charge in [-0.05, 0) is 41.1 Å². The highest BCUT2D eigenvalue weighted by molar-refractivity contribution is 9.10. The molecule has 106 valence electrons. The van der Waals surface area contributed by atoms with Gasteiger partial charge in [-0.2, -0.15) is 0 Å². The highest BCUT2D eigenvalue weighted by Gasteiger charge is 2.16. The monoisotopic (exact) mass is 327 g/mol. The van der Waals surface area contributed by atoms with E-state index in [1.54, 1.807) is 0 Å². The first-order chi connectivity index (χ1) is 9.08. The maximum atomic E-state index is 12.0. The number of hydrogen-bond donors (Lipinski definition) is 1. The number of nitrogens with one attached hydrogen (secondary N) is 1. The van der Waals surface area contributed by atoms with Crippen LogP contribution in [0, 0.1) is 5.92 Å². The molecule has 1 fully saturated rings. The Bertz CT molecular complexity index is 476. The second kappa shape index (κ2) is 6.55. The zero-order valence-corrected chi connectivity index (χ0v) is 13.3. The van der Waals surface area contributed by atoms with Crippen LogP contribution >= 0.6 is 15.9 Å². The third-order valence-corrected chi connectivity index (χ3v) is 4.24. The van der Waals surface area contributed by atoms with Gasteiger partial charge in [0.1, 0.15) is 4.47 Å². The number of hydrogen-bond acceptors (Lipinski definition) is 3. The van der Waals surface area contributed by atoms with E-state index in [-0.39, 0.29) is 5.56 Å². The van der Waals surface area contributed by atoms with E-state index in [9.17, 15) is 4.79 Å². The summed E-state index contributed by atoms with van der Waals surface area (Å²) in [6.45, 7) is 6.26. The molecule has 4 nitrogen and oxygen atoms in total. The highest BCUT2D eigenvalue weighted by atomic mass is 79.9. The molecule has 0 saturated carbocycles. The molecule has 1 aliphatic heterocycles. The molecule has 0 unspecified atom stereocenters.